The quantitative estimate of drug-likeness (QED) is 0.739. The molecule has 2 amide bonds. The molecule has 0 unspecified atom stereocenters. The number of benzene rings is 1. The summed E-state index contributed by atoms with van der Waals surface area (Å²) in [5.41, 5.74) is 0.942. The Bertz CT molecular complexity index is 443. The second kappa shape index (κ2) is 6.37. The molecule has 0 aliphatic rings. The van der Waals surface area contributed by atoms with Gasteiger partial charge in [0.15, 0.2) is 0 Å². The second-order valence-electron chi connectivity index (χ2n) is 3.08. The Morgan fingerprint density at radius 1 is 1.24 bits per heavy atom. The van der Waals surface area contributed by atoms with Gasteiger partial charge in [-0.05, 0) is 31.5 Å². The first-order valence-electron chi connectivity index (χ1n) is 4.98. The Hall–Kier alpha value is -2.24. The maximum absolute atomic E-state index is 11.1. The molecule has 90 valence electrons. The summed E-state index contributed by atoms with van der Waals surface area (Å²) in [5.74, 6) is 0.345. The van der Waals surface area contributed by atoms with Gasteiger partial charge in [0.25, 0.3) is 0 Å². The van der Waals surface area contributed by atoms with Crippen molar-refractivity contribution in [3.63, 3.8) is 0 Å². The fourth-order valence-corrected chi connectivity index (χ4v) is 1.03. The fraction of sp³-hybridized carbons (Fsp3) is 0.273. The van der Waals surface area contributed by atoms with E-state index in [-0.39, 0.29) is 6.61 Å². The van der Waals surface area contributed by atoms with Gasteiger partial charge in [0, 0.05) is 0 Å². The van der Waals surface area contributed by atoms with Gasteiger partial charge in [-0.2, -0.15) is 0 Å². The molecular weight excluding hydrogens is 224 g/mol. The molecule has 1 rings (SSSR count). The van der Waals surface area contributed by atoms with Crippen molar-refractivity contribution in [2.24, 2.45) is 10.2 Å². The largest absolute Gasteiger partial charge is 0.458 e. The molecule has 0 heterocycles. The van der Waals surface area contributed by atoms with E-state index < -0.39 is 12.2 Å². The van der Waals surface area contributed by atoms with Crippen molar-refractivity contribution >= 4 is 12.2 Å². The summed E-state index contributed by atoms with van der Waals surface area (Å²) < 4.78 is 9.27. The molecular formula is C11H12N2O4. The third-order valence-corrected chi connectivity index (χ3v) is 1.68. The van der Waals surface area contributed by atoms with Crippen LogP contribution in [0.25, 0.3) is 0 Å². The van der Waals surface area contributed by atoms with Crippen LogP contribution in [0.3, 0.4) is 0 Å². The number of nitrogens with zero attached hydrogens (tertiary/aromatic N) is 2. The molecule has 0 aliphatic heterocycles. The first-order chi connectivity index (χ1) is 8.11. The number of azo groups is 1. The molecule has 17 heavy (non-hydrogen) atoms. The maximum Gasteiger partial charge on any atom is 0.458 e. The molecule has 6 heteroatoms. The van der Waals surface area contributed by atoms with E-state index in [1.54, 1.807) is 25.1 Å². The molecule has 0 radical (unpaired) electrons. The zero-order chi connectivity index (χ0) is 12.7. The minimum absolute atomic E-state index is 0.171. The lowest BCUT2D eigenvalue weighted by Crippen LogP contribution is -2.03. The van der Waals surface area contributed by atoms with Gasteiger partial charge in [-0.3, -0.25) is 0 Å². The zero-order valence-electron chi connectivity index (χ0n) is 9.54. The highest BCUT2D eigenvalue weighted by molar-refractivity contribution is 5.74. The summed E-state index contributed by atoms with van der Waals surface area (Å²) in [7, 11) is 0. The number of rotatable bonds is 2. The van der Waals surface area contributed by atoms with Crippen LogP contribution in [0.2, 0.25) is 0 Å². The topological polar surface area (TPSA) is 77.3 Å². The first kappa shape index (κ1) is 12.8. The third kappa shape index (κ3) is 4.87. The van der Waals surface area contributed by atoms with Crippen LogP contribution in [0.5, 0.6) is 5.75 Å². The molecule has 0 fully saturated rings. The molecule has 1 aromatic carbocycles. The van der Waals surface area contributed by atoms with E-state index in [1.807, 2.05) is 13.0 Å². The lowest BCUT2D eigenvalue weighted by atomic mass is 10.2. The average molecular weight is 236 g/mol. The van der Waals surface area contributed by atoms with E-state index in [2.05, 4.69) is 15.0 Å². The molecule has 0 aliphatic carbocycles. The summed E-state index contributed by atoms with van der Waals surface area (Å²) in [5, 5.41) is 6.08. The van der Waals surface area contributed by atoms with Crippen LogP contribution >= 0.6 is 0 Å². The molecule has 0 N–H and O–H groups in total. The normalized spacial score (nSPS) is 10.2. The predicted octanol–water partition coefficient (Wildman–Crippen LogP) is 3.10. The summed E-state index contributed by atoms with van der Waals surface area (Å²) in [4.78, 5) is 21.9. The van der Waals surface area contributed by atoms with Crippen molar-refractivity contribution in [3.05, 3.63) is 29.8 Å². The fourth-order valence-electron chi connectivity index (χ4n) is 1.03. The molecule has 1 aromatic rings. The predicted molar refractivity (Wildman–Crippen MR) is 59.1 cm³/mol. The zero-order valence-corrected chi connectivity index (χ0v) is 9.54. The number of hydrogen-bond donors (Lipinski definition) is 0. The van der Waals surface area contributed by atoms with Crippen LogP contribution in [-0.2, 0) is 4.74 Å². The number of carbonyl (C=O) groups is 2. The van der Waals surface area contributed by atoms with Gasteiger partial charge < -0.3 is 9.47 Å². The number of ether oxygens (including phenoxy) is 2. The minimum atomic E-state index is -0.969. The monoisotopic (exact) mass is 236 g/mol. The van der Waals surface area contributed by atoms with Gasteiger partial charge in [0.2, 0.25) is 0 Å². The Labute approximate surface area is 98.3 Å². The second-order valence-corrected chi connectivity index (χ2v) is 3.08. The highest BCUT2D eigenvalue weighted by Gasteiger charge is 2.04. The summed E-state index contributed by atoms with van der Waals surface area (Å²) in [6.07, 6.45) is -1.89. The molecule has 0 bridgehead atoms. The Morgan fingerprint density at radius 2 is 1.94 bits per heavy atom. The van der Waals surface area contributed by atoms with E-state index in [1.165, 1.54) is 0 Å². The number of hydrogen-bond acceptors (Lipinski definition) is 4. The van der Waals surface area contributed by atoms with Crippen molar-refractivity contribution in [3.8, 4) is 5.75 Å². The van der Waals surface area contributed by atoms with Gasteiger partial charge in [0.05, 0.1) is 6.61 Å². The maximum atomic E-state index is 11.1. The van der Waals surface area contributed by atoms with Crippen LogP contribution in [0.4, 0.5) is 9.59 Å². The average Bonchev–Trinajstić information content (AvgIpc) is 2.27. The first-order valence-corrected chi connectivity index (χ1v) is 4.98. The SMILES string of the molecule is CCOC(=O)/N=N/C(=O)Oc1cccc(C)c1. The Kier molecular flexibility index (Phi) is 4.80. The van der Waals surface area contributed by atoms with Crippen molar-refractivity contribution < 1.29 is 19.1 Å². The van der Waals surface area contributed by atoms with Crippen molar-refractivity contribution in [2.45, 2.75) is 13.8 Å². The highest BCUT2D eigenvalue weighted by Crippen LogP contribution is 2.12. The summed E-state index contributed by atoms with van der Waals surface area (Å²) in [6.45, 7) is 3.65. The lowest BCUT2D eigenvalue weighted by molar-refractivity contribution is 0.160. The van der Waals surface area contributed by atoms with Crippen molar-refractivity contribution in [1.82, 2.24) is 0 Å². The highest BCUT2D eigenvalue weighted by atomic mass is 16.6. The minimum Gasteiger partial charge on any atom is -0.447 e. The van der Waals surface area contributed by atoms with E-state index in [9.17, 15) is 9.59 Å². The van der Waals surface area contributed by atoms with E-state index in [0.29, 0.717) is 5.75 Å². The summed E-state index contributed by atoms with van der Waals surface area (Å²) >= 11 is 0. The van der Waals surface area contributed by atoms with Crippen LogP contribution in [-0.4, -0.2) is 18.8 Å². The number of aryl methyl sites for hydroxylation is 1. The van der Waals surface area contributed by atoms with E-state index in [0.717, 1.165) is 5.56 Å². The van der Waals surface area contributed by atoms with Crippen LogP contribution in [0.1, 0.15) is 12.5 Å². The number of carbonyl (C=O) groups excluding carboxylic acids is 2. The van der Waals surface area contributed by atoms with Crippen molar-refractivity contribution in [1.29, 1.82) is 0 Å². The van der Waals surface area contributed by atoms with Crippen LogP contribution in [0.15, 0.2) is 34.5 Å². The molecule has 0 saturated carbocycles. The van der Waals surface area contributed by atoms with Crippen molar-refractivity contribution in [2.75, 3.05) is 6.61 Å². The van der Waals surface area contributed by atoms with Gasteiger partial charge in [-0.15, -0.1) is 0 Å². The summed E-state index contributed by atoms with van der Waals surface area (Å²) in [6, 6.07) is 6.86. The Morgan fingerprint density at radius 3 is 2.59 bits per heavy atom. The molecule has 0 spiro atoms. The van der Waals surface area contributed by atoms with Crippen LogP contribution in [0, 0.1) is 6.92 Å². The van der Waals surface area contributed by atoms with Gasteiger partial charge in [0.1, 0.15) is 5.75 Å². The molecule has 0 aromatic heterocycles. The van der Waals surface area contributed by atoms with Gasteiger partial charge in [-0.25, -0.2) is 9.59 Å². The van der Waals surface area contributed by atoms with Crippen LogP contribution < -0.4 is 4.74 Å². The Balaban J connectivity index is 2.53. The van der Waals surface area contributed by atoms with Gasteiger partial charge in [-0.1, -0.05) is 22.4 Å². The van der Waals surface area contributed by atoms with E-state index in [4.69, 9.17) is 4.74 Å². The molecule has 6 nitrogen and oxygen atoms in total. The smallest absolute Gasteiger partial charge is 0.447 e. The van der Waals surface area contributed by atoms with Gasteiger partial charge >= 0.3 is 12.2 Å². The third-order valence-electron chi connectivity index (χ3n) is 1.68. The number of amides is 2. The lowest BCUT2D eigenvalue weighted by Gasteiger charge is -2.00. The molecule has 0 saturated heterocycles. The molecule has 0 atom stereocenters. The van der Waals surface area contributed by atoms with E-state index >= 15 is 0 Å². The standard InChI is InChI=1S/C11H12N2O4/c1-3-16-10(14)12-13-11(15)17-9-6-4-5-8(2)7-9/h4-7H,3H2,1-2H3/b13-12+.